The average Bonchev–Trinajstić information content (AvgIpc) is 2.75. The minimum atomic E-state index is -0.147. The first-order chi connectivity index (χ1) is 14.6. The van der Waals surface area contributed by atoms with Crippen molar-refractivity contribution in [1.82, 2.24) is 10.2 Å². The second kappa shape index (κ2) is 9.73. The van der Waals surface area contributed by atoms with Crippen molar-refractivity contribution in [3.05, 3.63) is 17.7 Å². The molecule has 0 bridgehead atoms. The maximum atomic E-state index is 9.41. The van der Waals surface area contributed by atoms with Crippen LogP contribution in [-0.2, 0) is 4.74 Å². The zero-order valence-electron chi connectivity index (χ0n) is 18.6. The Balaban J connectivity index is 1.51. The van der Waals surface area contributed by atoms with Crippen LogP contribution < -0.4 is 19.7 Å². The lowest BCUT2D eigenvalue weighted by atomic mass is 9.75. The molecular weight excluding hydrogens is 382 g/mol. The van der Waals surface area contributed by atoms with Gasteiger partial charge in [-0.15, -0.1) is 0 Å². The fourth-order valence-corrected chi connectivity index (χ4v) is 5.20. The molecule has 7 heteroatoms. The van der Waals surface area contributed by atoms with E-state index in [9.17, 15) is 5.11 Å². The summed E-state index contributed by atoms with van der Waals surface area (Å²) in [5.74, 6) is 2.78. The molecule has 0 spiro atoms. The molecule has 30 heavy (non-hydrogen) atoms. The number of nitrogens with zero attached hydrogens (tertiary/aromatic N) is 2. The smallest absolute Gasteiger partial charge is 0.163 e. The van der Waals surface area contributed by atoms with E-state index in [4.69, 9.17) is 14.2 Å². The monoisotopic (exact) mass is 419 g/mol. The van der Waals surface area contributed by atoms with E-state index in [0.717, 1.165) is 70.0 Å². The van der Waals surface area contributed by atoms with E-state index in [-0.39, 0.29) is 6.10 Å². The molecule has 3 aliphatic rings. The van der Waals surface area contributed by atoms with Crippen LogP contribution in [-0.4, -0.2) is 82.9 Å². The molecule has 0 aromatic heterocycles. The van der Waals surface area contributed by atoms with E-state index in [2.05, 4.69) is 34.3 Å². The first kappa shape index (κ1) is 21.7. The fourth-order valence-electron chi connectivity index (χ4n) is 5.20. The van der Waals surface area contributed by atoms with Crippen LogP contribution in [0.5, 0.6) is 11.5 Å². The predicted octanol–water partition coefficient (Wildman–Crippen LogP) is 2.04. The molecule has 1 aromatic carbocycles. The largest absolute Gasteiger partial charge is 0.493 e. The summed E-state index contributed by atoms with van der Waals surface area (Å²) in [7, 11) is 5.93. The van der Waals surface area contributed by atoms with Crippen molar-refractivity contribution < 1.29 is 19.3 Å². The summed E-state index contributed by atoms with van der Waals surface area (Å²) in [6, 6.07) is 4.37. The van der Waals surface area contributed by atoms with Crippen LogP contribution in [0.3, 0.4) is 0 Å². The molecule has 0 aliphatic carbocycles. The number of hydrogen-bond acceptors (Lipinski definition) is 7. The van der Waals surface area contributed by atoms with Crippen LogP contribution in [0.4, 0.5) is 5.69 Å². The second-order valence-corrected chi connectivity index (χ2v) is 8.88. The van der Waals surface area contributed by atoms with Crippen LogP contribution in [0, 0.1) is 5.92 Å². The summed E-state index contributed by atoms with van der Waals surface area (Å²) in [5.41, 5.74) is 2.61. The molecule has 2 fully saturated rings. The first-order valence-electron chi connectivity index (χ1n) is 11.3. The third-order valence-electron chi connectivity index (χ3n) is 7.02. The molecule has 0 radical (unpaired) electrons. The van der Waals surface area contributed by atoms with Crippen molar-refractivity contribution >= 4 is 5.69 Å². The third kappa shape index (κ3) is 4.54. The molecule has 2 unspecified atom stereocenters. The summed E-state index contributed by atoms with van der Waals surface area (Å²) in [4.78, 5) is 4.58. The molecule has 3 heterocycles. The molecule has 1 aromatic rings. The molecule has 3 aliphatic heterocycles. The number of rotatable bonds is 8. The quantitative estimate of drug-likeness (QED) is 0.625. The maximum absolute atomic E-state index is 9.41. The van der Waals surface area contributed by atoms with Crippen LogP contribution >= 0.6 is 0 Å². The highest BCUT2D eigenvalue weighted by atomic mass is 16.5. The highest BCUT2D eigenvalue weighted by molar-refractivity contribution is 5.65. The van der Waals surface area contributed by atoms with Gasteiger partial charge in [-0.25, -0.2) is 0 Å². The van der Waals surface area contributed by atoms with E-state index < -0.39 is 0 Å². The van der Waals surface area contributed by atoms with Crippen molar-refractivity contribution in [1.29, 1.82) is 0 Å². The number of methoxy groups -OCH3 is 1. The van der Waals surface area contributed by atoms with Gasteiger partial charge in [0.15, 0.2) is 11.5 Å². The zero-order valence-corrected chi connectivity index (χ0v) is 18.6. The average molecular weight is 420 g/mol. The van der Waals surface area contributed by atoms with Crippen LogP contribution in [0.25, 0.3) is 0 Å². The number of fused-ring (bicyclic) bond motifs is 1. The predicted molar refractivity (Wildman–Crippen MR) is 118 cm³/mol. The van der Waals surface area contributed by atoms with Gasteiger partial charge in [-0.05, 0) is 56.2 Å². The summed E-state index contributed by atoms with van der Waals surface area (Å²) in [5, 5.41) is 12.9. The zero-order chi connectivity index (χ0) is 21.1. The Labute approximate surface area is 180 Å². The fraction of sp³-hybridized carbons (Fsp3) is 0.739. The maximum Gasteiger partial charge on any atom is 0.163 e. The van der Waals surface area contributed by atoms with Gasteiger partial charge in [-0.2, -0.15) is 0 Å². The Bertz CT molecular complexity index is 704. The molecular formula is C23H37N3O4. The minimum absolute atomic E-state index is 0.147. The highest BCUT2D eigenvalue weighted by Crippen LogP contribution is 2.48. The summed E-state index contributed by atoms with van der Waals surface area (Å²) in [6.45, 7) is 4.89. The van der Waals surface area contributed by atoms with Gasteiger partial charge in [-0.1, -0.05) is 0 Å². The van der Waals surface area contributed by atoms with Crippen molar-refractivity contribution in [3.63, 3.8) is 0 Å². The molecule has 2 saturated heterocycles. The molecule has 4 rings (SSSR count). The Morgan fingerprint density at radius 1 is 1.20 bits per heavy atom. The standard InChI is InChI=1S/C23H37N3O4/c1-24-23-12-18(16-5-9-29-10-6-16)19-11-21(28-3)22(13-20(19)25(23)2)30-8-4-7-26-14-17(27)15-26/h11,13,16-18,23-24,27H,4-10,12,14-15H2,1-3H3. The first-order valence-corrected chi connectivity index (χ1v) is 11.3. The Morgan fingerprint density at radius 2 is 1.97 bits per heavy atom. The number of β-amino-alcohol motifs (C(OH)–C–C–N with tert-alkyl or cyclic N) is 1. The van der Waals surface area contributed by atoms with Crippen LogP contribution in [0.1, 0.15) is 37.2 Å². The molecule has 2 N–H and O–H groups in total. The number of hydrogen-bond donors (Lipinski definition) is 2. The molecule has 0 amide bonds. The topological polar surface area (TPSA) is 66.4 Å². The van der Waals surface area contributed by atoms with Gasteiger partial charge < -0.3 is 29.5 Å². The number of aliphatic hydroxyl groups excluding tert-OH is 1. The number of anilines is 1. The summed E-state index contributed by atoms with van der Waals surface area (Å²) in [6.07, 6.45) is 4.43. The normalized spacial score (nSPS) is 25.7. The van der Waals surface area contributed by atoms with Gasteiger partial charge >= 0.3 is 0 Å². The van der Waals surface area contributed by atoms with Gasteiger partial charge in [0, 0.05) is 51.6 Å². The molecule has 7 nitrogen and oxygen atoms in total. The van der Waals surface area contributed by atoms with Gasteiger partial charge in [0.1, 0.15) is 0 Å². The number of aliphatic hydroxyl groups is 1. The molecule has 0 saturated carbocycles. The SMILES string of the molecule is CNC1CC(C2CCOCC2)c2cc(OC)c(OCCCN3CC(O)C3)cc2N1C. The van der Waals surface area contributed by atoms with Gasteiger partial charge in [-0.3, -0.25) is 4.90 Å². The van der Waals surface area contributed by atoms with Crippen LogP contribution in [0.15, 0.2) is 12.1 Å². The van der Waals surface area contributed by atoms with Gasteiger partial charge in [0.05, 0.1) is 26.0 Å². The van der Waals surface area contributed by atoms with Crippen LogP contribution in [0.2, 0.25) is 0 Å². The van der Waals surface area contributed by atoms with Crippen molar-refractivity contribution in [2.75, 3.05) is 65.6 Å². The van der Waals surface area contributed by atoms with E-state index in [0.29, 0.717) is 24.6 Å². The lowest BCUT2D eigenvalue weighted by Gasteiger charge is -2.43. The lowest BCUT2D eigenvalue weighted by molar-refractivity contribution is 0.0000167. The highest BCUT2D eigenvalue weighted by Gasteiger charge is 2.36. The van der Waals surface area contributed by atoms with Crippen molar-refractivity contribution in [2.45, 2.75) is 43.9 Å². The van der Waals surface area contributed by atoms with Gasteiger partial charge in [0.2, 0.25) is 0 Å². The van der Waals surface area contributed by atoms with E-state index in [1.165, 1.54) is 11.3 Å². The number of likely N-dealkylation sites (tertiary alicyclic amines) is 1. The minimum Gasteiger partial charge on any atom is -0.493 e. The Hall–Kier alpha value is -1.54. The third-order valence-corrected chi connectivity index (χ3v) is 7.02. The lowest BCUT2D eigenvalue weighted by Crippen LogP contribution is -2.50. The van der Waals surface area contributed by atoms with Crippen molar-refractivity contribution in [2.24, 2.45) is 5.92 Å². The van der Waals surface area contributed by atoms with E-state index in [1.807, 2.05) is 7.05 Å². The number of ether oxygens (including phenoxy) is 3. The number of nitrogens with one attached hydrogen (secondary N) is 1. The molecule has 2 atom stereocenters. The van der Waals surface area contributed by atoms with E-state index in [1.54, 1.807) is 7.11 Å². The Kier molecular flexibility index (Phi) is 7.03. The summed E-state index contributed by atoms with van der Waals surface area (Å²) < 4.78 is 17.5. The Morgan fingerprint density at radius 3 is 2.63 bits per heavy atom. The number of benzene rings is 1. The molecule has 168 valence electrons. The van der Waals surface area contributed by atoms with E-state index >= 15 is 0 Å². The van der Waals surface area contributed by atoms with Crippen molar-refractivity contribution in [3.8, 4) is 11.5 Å². The van der Waals surface area contributed by atoms with Gasteiger partial charge in [0.25, 0.3) is 0 Å². The second-order valence-electron chi connectivity index (χ2n) is 8.88. The summed E-state index contributed by atoms with van der Waals surface area (Å²) >= 11 is 0.